The number of carbonyl (C=O) groups is 1. The molecule has 102 valence electrons. The van der Waals surface area contributed by atoms with Crippen LogP contribution in [0.4, 0.5) is 0 Å². The third-order valence-electron chi connectivity index (χ3n) is 2.63. The van der Waals surface area contributed by atoms with Crippen LogP contribution in [-0.4, -0.2) is 19.6 Å². The minimum absolute atomic E-state index is 0.112. The smallest absolute Gasteiger partial charge is 0.263 e. The molecule has 0 bridgehead atoms. The molecule has 19 heavy (non-hydrogen) atoms. The Hall–Kier alpha value is -1.11. The average Bonchev–Trinajstić information content (AvgIpc) is 3.05. The minimum Gasteiger partial charge on any atom is -0.467 e. The van der Waals surface area contributed by atoms with Crippen LogP contribution in [0.15, 0.2) is 38.7 Å². The molecule has 0 unspecified atom stereocenters. The lowest BCUT2D eigenvalue weighted by Gasteiger charge is -2.15. The van der Waals surface area contributed by atoms with Crippen LogP contribution in [0, 0.1) is 0 Å². The molecule has 0 aromatic carbocycles. The quantitative estimate of drug-likeness (QED) is 0.871. The zero-order valence-corrected chi connectivity index (χ0v) is 12.8. The molecule has 0 radical (unpaired) electrons. The molecule has 1 atom stereocenters. The van der Waals surface area contributed by atoms with E-state index >= 15 is 0 Å². The van der Waals surface area contributed by atoms with Crippen molar-refractivity contribution in [2.75, 3.05) is 13.7 Å². The first kappa shape index (κ1) is 14.3. The van der Waals surface area contributed by atoms with Crippen molar-refractivity contribution in [1.82, 2.24) is 5.32 Å². The molecule has 4 nitrogen and oxygen atoms in total. The van der Waals surface area contributed by atoms with E-state index in [4.69, 9.17) is 9.15 Å². The van der Waals surface area contributed by atoms with Gasteiger partial charge in [-0.25, -0.2) is 0 Å². The molecule has 2 rings (SSSR count). The third-order valence-corrected chi connectivity index (χ3v) is 4.46. The number of methoxy groups -OCH3 is 1. The van der Waals surface area contributed by atoms with Crippen LogP contribution in [0.1, 0.15) is 27.9 Å². The van der Waals surface area contributed by atoms with Gasteiger partial charge in [0.25, 0.3) is 5.91 Å². The Morgan fingerprint density at radius 2 is 2.42 bits per heavy atom. The summed E-state index contributed by atoms with van der Waals surface area (Å²) >= 11 is 4.76. The SMILES string of the molecule is COCC[C@@H](NC(=O)c1sccc1Br)c1ccco1. The Bertz CT molecular complexity index is 524. The van der Waals surface area contributed by atoms with E-state index in [9.17, 15) is 4.79 Å². The molecular formula is C13H14BrNO3S. The van der Waals surface area contributed by atoms with E-state index in [1.165, 1.54) is 11.3 Å². The van der Waals surface area contributed by atoms with Crippen molar-refractivity contribution in [2.24, 2.45) is 0 Å². The zero-order chi connectivity index (χ0) is 13.7. The first-order valence-corrected chi connectivity index (χ1v) is 7.46. The van der Waals surface area contributed by atoms with Crippen LogP contribution in [-0.2, 0) is 4.74 Å². The van der Waals surface area contributed by atoms with Gasteiger partial charge in [0.1, 0.15) is 10.6 Å². The summed E-state index contributed by atoms with van der Waals surface area (Å²) in [5.41, 5.74) is 0. The highest BCUT2D eigenvalue weighted by atomic mass is 79.9. The van der Waals surface area contributed by atoms with Gasteiger partial charge in [0.2, 0.25) is 0 Å². The van der Waals surface area contributed by atoms with Crippen molar-refractivity contribution in [1.29, 1.82) is 0 Å². The van der Waals surface area contributed by atoms with Crippen molar-refractivity contribution in [3.63, 3.8) is 0 Å². The standard InChI is InChI=1S/C13H14BrNO3S/c1-17-7-4-10(11-3-2-6-18-11)15-13(16)12-9(14)5-8-19-12/h2-3,5-6,8,10H,4,7H2,1H3,(H,15,16)/t10-/m1/s1. The number of rotatable bonds is 6. The van der Waals surface area contributed by atoms with Gasteiger partial charge in [0, 0.05) is 18.2 Å². The first-order chi connectivity index (χ1) is 9.22. The molecule has 0 aliphatic heterocycles. The number of nitrogens with one attached hydrogen (secondary N) is 1. The summed E-state index contributed by atoms with van der Waals surface area (Å²) in [6, 6.07) is 5.33. The van der Waals surface area contributed by atoms with E-state index in [1.807, 2.05) is 23.6 Å². The molecule has 0 saturated heterocycles. The monoisotopic (exact) mass is 343 g/mol. The molecule has 1 amide bonds. The van der Waals surface area contributed by atoms with Gasteiger partial charge < -0.3 is 14.5 Å². The van der Waals surface area contributed by atoms with Crippen molar-refractivity contribution >= 4 is 33.2 Å². The molecule has 2 aromatic heterocycles. The molecule has 2 aromatic rings. The van der Waals surface area contributed by atoms with E-state index in [2.05, 4.69) is 21.2 Å². The van der Waals surface area contributed by atoms with Gasteiger partial charge in [-0.05, 0) is 45.9 Å². The number of ether oxygens (including phenoxy) is 1. The number of hydrogen-bond acceptors (Lipinski definition) is 4. The second-order valence-electron chi connectivity index (χ2n) is 3.92. The number of halogens is 1. The van der Waals surface area contributed by atoms with Crippen molar-refractivity contribution in [2.45, 2.75) is 12.5 Å². The maximum absolute atomic E-state index is 12.2. The van der Waals surface area contributed by atoms with Gasteiger partial charge in [0.15, 0.2) is 0 Å². The van der Waals surface area contributed by atoms with Crippen LogP contribution in [0.25, 0.3) is 0 Å². The molecule has 0 aliphatic rings. The molecule has 1 N–H and O–H groups in total. The number of carbonyl (C=O) groups excluding carboxylic acids is 1. The summed E-state index contributed by atoms with van der Waals surface area (Å²) in [7, 11) is 1.64. The lowest BCUT2D eigenvalue weighted by atomic mass is 10.1. The Balaban J connectivity index is 2.08. The van der Waals surface area contributed by atoms with Gasteiger partial charge in [-0.1, -0.05) is 0 Å². The van der Waals surface area contributed by atoms with E-state index in [0.717, 1.165) is 10.2 Å². The predicted octanol–water partition coefficient (Wildman–Crippen LogP) is 3.61. The van der Waals surface area contributed by atoms with Crippen LogP contribution in [0.2, 0.25) is 0 Å². The third kappa shape index (κ3) is 3.68. The Labute approximate surface area is 123 Å². The highest BCUT2D eigenvalue weighted by Gasteiger charge is 2.20. The first-order valence-electron chi connectivity index (χ1n) is 5.78. The average molecular weight is 344 g/mol. The molecular weight excluding hydrogens is 330 g/mol. The van der Waals surface area contributed by atoms with Crippen LogP contribution in [0.5, 0.6) is 0 Å². The van der Waals surface area contributed by atoms with Gasteiger partial charge >= 0.3 is 0 Å². The fourth-order valence-corrected chi connectivity index (χ4v) is 3.14. The fraction of sp³-hybridized carbons (Fsp3) is 0.308. The number of hydrogen-bond donors (Lipinski definition) is 1. The lowest BCUT2D eigenvalue weighted by molar-refractivity contribution is 0.0920. The summed E-state index contributed by atoms with van der Waals surface area (Å²) in [6.07, 6.45) is 2.26. The summed E-state index contributed by atoms with van der Waals surface area (Å²) < 4.78 is 11.2. The van der Waals surface area contributed by atoms with Crippen LogP contribution >= 0.6 is 27.3 Å². The second kappa shape index (κ2) is 6.88. The minimum atomic E-state index is -0.184. The maximum atomic E-state index is 12.2. The number of furan rings is 1. The Morgan fingerprint density at radius 1 is 1.58 bits per heavy atom. The molecule has 2 heterocycles. The zero-order valence-electron chi connectivity index (χ0n) is 10.4. The number of thiophene rings is 1. The van der Waals surface area contributed by atoms with Crippen LogP contribution in [0.3, 0.4) is 0 Å². The molecule has 0 saturated carbocycles. The van der Waals surface area contributed by atoms with E-state index < -0.39 is 0 Å². The van der Waals surface area contributed by atoms with E-state index in [1.54, 1.807) is 13.4 Å². The Kier molecular flexibility index (Phi) is 5.18. The van der Waals surface area contributed by atoms with Crippen molar-refractivity contribution in [3.8, 4) is 0 Å². The fourth-order valence-electron chi connectivity index (χ4n) is 1.69. The van der Waals surface area contributed by atoms with E-state index in [0.29, 0.717) is 17.9 Å². The van der Waals surface area contributed by atoms with Gasteiger partial charge in [-0.15, -0.1) is 11.3 Å². The molecule has 6 heteroatoms. The summed E-state index contributed by atoms with van der Waals surface area (Å²) in [6.45, 7) is 0.553. The highest BCUT2D eigenvalue weighted by molar-refractivity contribution is 9.10. The summed E-state index contributed by atoms with van der Waals surface area (Å²) in [5.74, 6) is 0.623. The highest BCUT2D eigenvalue weighted by Crippen LogP contribution is 2.24. The maximum Gasteiger partial charge on any atom is 0.263 e. The number of amides is 1. The molecule has 0 spiro atoms. The van der Waals surface area contributed by atoms with Gasteiger partial charge in [-0.3, -0.25) is 4.79 Å². The molecule has 0 fully saturated rings. The lowest BCUT2D eigenvalue weighted by Crippen LogP contribution is -2.28. The van der Waals surface area contributed by atoms with E-state index in [-0.39, 0.29) is 11.9 Å². The normalized spacial score (nSPS) is 12.3. The Morgan fingerprint density at radius 3 is 3.00 bits per heavy atom. The van der Waals surface area contributed by atoms with Crippen molar-refractivity contribution < 1.29 is 13.9 Å². The van der Waals surface area contributed by atoms with Gasteiger partial charge in [-0.2, -0.15) is 0 Å². The summed E-state index contributed by atoms with van der Waals surface area (Å²) in [5, 5.41) is 4.84. The van der Waals surface area contributed by atoms with Gasteiger partial charge in [0.05, 0.1) is 12.3 Å². The van der Waals surface area contributed by atoms with Crippen LogP contribution < -0.4 is 5.32 Å². The van der Waals surface area contributed by atoms with Crippen molar-refractivity contribution in [3.05, 3.63) is 45.0 Å². The predicted molar refractivity (Wildman–Crippen MR) is 77.4 cm³/mol. The largest absolute Gasteiger partial charge is 0.467 e. The molecule has 0 aliphatic carbocycles. The topological polar surface area (TPSA) is 51.5 Å². The second-order valence-corrected chi connectivity index (χ2v) is 5.69. The summed E-state index contributed by atoms with van der Waals surface area (Å²) in [4.78, 5) is 12.8.